The van der Waals surface area contributed by atoms with Gasteiger partial charge < -0.3 is 9.64 Å². The van der Waals surface area contributed by atoms with Gasteiger partial charge in [-0.2, -0.15) is 0 Å². The molecule has 0 amide bonds. The van der Waals surface area contributed by atoms with E-state index in [-0.39, 0.29) is 0 Å². The smallest absolute Gasteiger partial charge is 0.0595 e. The highest BCUT2D eigenvalue weighted by atomic mass is 35.5. The lowest BCUT2D eigenvalue weighted by Gasteiger charge is -2.43. The minimum absolute atomic E-state index is 0.573. The van der Waals surface area contributed by atoms with Crippen LogP contribution in [0.5, 0.6) is 0 Å². The maximum Gasteiger partial charge on any atom is 0.0595 e. The van der Waals surface area contributed by atoms with Gasteiger partial charge in [0.1, 0.15) is 0 Å². The number of hydrogen-bond donors (Lipinski definition) is 0. The molecule has 2 aliphatic heterocycles. The third kappa shape index (κ3) is 2.96. The first-order chi connectivity index (χ1) is 10.1. The van der Waals surface area contributed by atoms with Crippen LogP contribution in [-0.4, -0.2) is 37.7 Å². The van der Waals surface area contributed by atoms with E-state index in [2.05, 4.69) is 24.1 Å². The summed E-state index contributed by atoms with van der Waals surface area (Å²) in [5.41, 5.74) is 1.34. The van der Waals surface area contributed by atoms with Crippen molar-refractivity contribution in [2.75, 3.05) is 20.8 Å². The predicted molar refractivity (Wildman–Crippen MR) is 88.4 cm³/mol. The summed E-state index contributed by atoms with van der Waals surface area (Å²) in [5, 5.41) is 1.32. The molecule has 0 radical (unpaired) electrons. The van der Waals surface area contributed by atoms with Crippen LogP contribution in [0, 0.1) is 5.92 Å². The van der Waals surface area contributed by atoms with Crippen molar-refractivity contribution in [3.63, 3.8) is 0 Å². The van der Waals surface area contributed by atoms with Crippen molar-refractivity contribution >= 4 is 23.2 Å². The van der Waals surface area contributed by atoms with Crippen molar-refractivity contribution in [3.8, 4) is 0 Å². The molecular formula is C17H23Cl2NO. The predicted octanol–water partition coefficient (Wildman–Crippen LogP) is 4.60. The van der Waals surface area contributed by atoms with Gasteiger partial charge in [-0.25, -0.2) is 0 Å². The van der Waals surface area contributed by atoms with Crippen LogP contribution in [-0.2, 0) is 4.74 Å². The lowest BCUT2D eigenvalue weighted by atomic mass is 9.75. The topological polar surface area (TPSA) is 12.5 Å². The fourth-order valence-corrected chi connectivity index (χ4v) is 4.66. The molecule has 2 bridgehead atoms. The minimum Gasteiger partial charge on any atom is -0.385 e. The Morgan fingerprint density at radius 1 is 1.24 bits per heavy atom. The highest BCUT2D eigenvalue weighted by Gasteiger charge is 2.45. The van der Waals surface area contributed by atoms with Gasteiger partial charge in [0.05, 0.1) is 10.0 Å². The number of benzene rings is 1. The summed E-state index contributed by atoms with van der Waals surface area (Å²) in [6.07, 6.45) is 4.97. The second-order valence-electron chi connectivity index (χ2n) is 6.43. The lowest BCUT2D eigenvalue weighted by Crippen LogP contribution is -2.46. The van der Waals surface area contributed by atoms with Gasteiger partial charge in [0, 0.05) is 25.8 Å². The van der Waals surface area contributed by atoms with E-state index in [0.29, 0.717) is 34.0 Å². The first-order valence-electron chi connectivity index (χ1n) is 7.77. The summed E-state index contributed by atoms with van der Waals surface area (Å²) in [6.45, 7) is 0.831. The zero-order valence-electron chi connectivity index (χ0n) is 12.7. The number of hydrogen-bond acceptors (Lipinski definition) is 2. The van der Waals surface area contributed by atoms with Crippen LogP contribution >= 0.6 is 23.2 Å². The zero-order valence-corrected chi connectivity index (χ0v) is 14.2. The van der Waals surface area contributed by atoms with E-state index >= 15 is 0 Å². The van der Waals surface area contributed by atoms with Gasteiger partial charge in [0.2, 0.25) is 0 Å². The van der Waals surface area contributed by atoms with Crippen molar-refractivity contribution in [2.45, 2.75) is 43.7 Å². The number of nitrogens with zero attached hydrogens (tertiary/aromatic N) is 1. The van der Waals surface area contributed by atoms with Crippen molar-refractivity contribution in [1.29, 1.82) is 0 Å². The number of fused-ring (bicyclic) bond motifs is 2. The monoisotopic (exact) mass is 327 g/mol. The number of ether oxygens (including phenoxy) is 1. The zero-order chi connectivity index (χ0) is 15.0. The van der Waals surface area contributed by atoms with Gasteiger partial charge in [-0.15, -0.1) is 0 Å². The van der Waals surface area contributed by atoms with Crippen molar-refractivity contribution in [2.24, 2.45) is 5.92 Å². The van der Waals surface area contributed by atoms with E-state index in [9.17, 15) is 0 Å². The largest absolute Gasteiger partial charge is 0.385 e. The SMILES string of the molecule is COCC[C@@H]1[C@@H](c2ccc(Cl)c(Cl)c2)CC2CC[C@H]1N2C. The molecule has 0 aromatic heterocycles. The molecule has 4 heteroatoms. The molecule has 2 nitrogen and oxygen atoms in total. The molecule has 1 aromatic rings. The maximum absolute atomic E-state index is 6.24. The van der Waals surface area contributed by atoms with E-state index in [1.54, 1.807) is 7.11 Å². The highest BCUT2D eigenvalue weighted by molar-refractivity contribution is 6.42. The molecule has 0 spiro atoms. The van der Waals surface area contributed by atoms with Gasteiger partial charge in [0.15, 0.2) is 0 Å². The quantitative estimate of drug-likeness (QED) is 0.801. The molecule has 1 aromatic carbocycles. The molecule has 4 atom stereocenters. The van der Waals surface area contributed by atoms with Gasteiger partial charge in [-0.05, 0) is 62.3 Å². The van der Waals surface area contributed by atoms with Crippen LogP contribution in [0.2, 0.25) is 10.0 Å². The molecule has 2 fully saturated rings. The van der Waals surface area contributed by atoms with Crippen molar-refractivity contribution in [3.05, 3.63) is 33.8 Å². The van der Waals surface area contributed by atoms with E-state index in [1.807, 2.05) is 6.07 Å². The molecule has 116 valence electrons. The van der Waals surface area contributed by atoms with E-state index in [0.717, 1.165) is 13.0 Å². The Morgan fingerprint density at radius 2 is 2.05 bits per heavy atom. The van der Waals surface area contributed by atoms with Crippen LogP contribution in [0.1, 0.15) is 37.2 Å². The second kappa shape index (κ2) is 6.45. The normalized spacial score (nSPS) is 32.6. The van der Waals surface area contributed by atoms with Crippen LogP contribution < -0.4 is 0 Å². The molecule has 1 unspecified atom stereocenters. The third-order valence-corrected chi connectivity index (χ3v) is 6.20. The summed E-state index contributed by atoms with van der Waals surface area (Å²) in [5.74, 6) is 1.22. The summed E-state index contributed by atoms with van der Waals surface area (Å²) in [6, 6.07) is 7.56. The average Bonchev–Trinajstić information content (AvgIpc) is 2.72. The fourth-order valence-electron chi connectivity index (χ4n) is 4.35. The molecule has 21 heavy (non-hydrogen) atoms. The molecule has 0 aliphatic carbocycles. The third-order valence-electron chi connectivity index (χ3n) is 5.46. The number of rotatable bonds is 4. The van der Waals surface area contributed by atoms with E-state index in [4.69, 9.17) is 27.9 Å². The minimum atomic E-state index is 0.573. The van der Waals surface area contributed by atoms with E-state index in [1.165, 1.54) is 24.8 Å². The second-order valence-corrected chi connectivity index (χ2v) is 7.24. The highest BCUT2D eigenvalue weighted by Crippen LogP contribution is 2.48. The number of methoxy groups -OCH3 is 1. The standard InChI is InChI=1S/C17H23Cl2NO/c1-20-12-4-6-17(20)13(7-8-21-2)14(10-12)11-3-5-15(18)16(19)9-11/h3,5,9,12-14,17H,4,6-8,10H2,1-2H3/t12?,13-,14-,17-/m1/s1. The van der Waals surface area contributed by atoms with Crippen LogP contribution in [0.15, 0.2) is 18.2 Å². The van der Waals surface area contributed by atoms with E-state index < -0.39 is 0 Å². The molecule has 2 aliphatic rings. The lowest BCUT2D eigenvalue weighted by molar-refractivity contribution is 0.0726. The molecule has 3 rings (SSSR count). The number of piperidine rings is 1. The Kier molecular flexibility index (Phi) is 4.80. The first kappa shape index (κ1) is 15.6. The summed E-state index contributed by atoms with van der Waals surface area (Å²) in [4.78, 5) is 2.59. The Labute approximate surface area is 137 Å². The van der Waals surface area contributed by atoms with Gasteiger partial charge in [0.25, 0.3) is 0 Å². The molecule has 2 saturated heterocycles. The molecule has 2 heterocycles. The summed E-state index contributed by atoms with van der Waals surface area (Å²) < 4.78 is 5.35. The average molecular weight is 328 g/mol. The molecule has 0 N–H and O–H groups in total. The Hall–Kier alpha value is -0.280. The van der Waals surface area contributed by atoms with Crippen LogP contribution in [0.25, 0.3) is 0 Å². The van der Waals surface area contributed by atoms with Crippen LogP contribution in [0.3, 0.4) is 0 Å². The number of halogens is 2. The van der Waals surface area contributed by atoms with Crippen molar-refractivity contribution < 1.29 is 4.74 Å². The van der Waals surface area contributed by atoms with Gasteiger partial charge in [-0.1, -0.05) is 29.3 Å². The van der Waals surface area contributed by atoms with Crippen molar-refractivity contribution in [1.82, 2.24) is 4.90 Å². The summed E-state index contributed by atoms with van der Waals surface area (Å²) >= 11 is 12.3. The Bertz CT molecular complexity index is 508. The first-order valence-corrected chi connectivity index (χ1v) is 8.53. The molecule has 0 saturated carbocycles. The fraction of sp³-hybridized carbons (Fsp3) is 0.647. The Balaban J connectivity index is 1.88. The van der Waals surface area contributed by atoms with Gasteiger partial charge >= 0.3 is 0 Å². The van der Waals surface area contributed by atoms with Crippen LogP contribution in [0.4, 0.5) is 0 Å². The van der Waals surface area contributed by atoms with Gasteiger partial charge in [-0.3, -0.25) is 0 Å². The Morgan fingerprint density at radius 3 is 2.76 bits per heavy atom. The summed E-state index contributed by atoms with van der Waals surface area (Å²) in [7, 11) is 4.07. The maximum atomic E-state index is 6.24. The molecular weight excluding hydrogens is 305 g/mol.